The molecule has 17 heavy (non-hydrogen) atoms. The highest BCUT2D eigenvalue weighted by Crippen LogP contribution is 2.43. The zero-order chi connectivity index (χ0) is 12.5. The monoisotopic (exact) mass is 242 g/mol. The standard InChI is InChI=1S/C11H14O6/c1-11-4-7(10(14)17-11)2-3-8(11)16-9(13)5-15-6-12/h6-8H,2-5H2,1H3. The SMILES string of the molecule is CC12CC(CCC1OC(=O)COC=O)C(=O)O2. The van der Waals surface area contributed by atoms with E-state index in [1.807, 2.05) is 0 Å². The Morgan fingerprint density at radius 1 is 1.59 bits per heavy atom. The second kappa shape index (κ2) is 4.35. The van der Waals surface area contributed by atoms with Gasteiger partial charge < -0.3 is 14.2 Å². The molecule has 3 unspecified atom stereocenters. The molecule has 1 aliphatic carbocycles. The summed E-state index contributed by atoms with van der Waals surface area (Å²) in [5.41, 5.74) is -0.725. The summed E-state index contributed by atoms with van der Waals surface area (Å²) in [6.07, 6.45) is 1.40. The Labute approximate surface area is 98.2 Å². The minimum absolute atomic E-state index is 0.0684. The van der Waals surface area contributed by atoms with E-state index in [-0.39, 0.29) is 18.4 Å². The van der Waals surface area contributed by atoms with Gasteiger partial charge in [-0.05, 0) is 19.8 Å². The van der Waals surface area contributed by atoms with Crippen LogP contribution in [-0.4, -0.2) is 36.7 Å². The number of rotatable bonds is 4. The molecular weight excluding hydrogens is 228 g/mol. The molecule has 2 bridgehead atoms. The van der Waals surface area contributed by atoms with Gasteiger partial charge >= 0.3 is 11.9 Å². The van der Waals surface area contributed by atoms with Gasteiger partial charge in [-0.1, -0.05) is 0 Å². The molecule has 0 radical (unpaired) electrons. The third-order valence-corrected chi connectivity index (χ3v) is 3.32. The molecule has 1 aliphatic heterocycles. The van der Waals surface area contributed by atoms with Crippen LogP contribution in [0.2, 0.25) is 0 Å². The van der Waals surface area contributed by atoms with Crippen molar-refractivity contribution in [3.8, 4) is 0 Å². The summed E-state index contributed by atoms with van der Waals surface area (Å²) in [4.78, 5) is 32.7. The molecule has 0 aromatic rings. The Hall–Kier alpha value is -1.59. The molecule has 0 N–H and O–H groups in total. The van der Waals surface area contributed by atoms with Gasteiger partial charge in [-0.2, -0.15) is 0 Å². The van der Waals surface area contributed by atoms with Crippen LogP contribution in [0.5, 0.6) is 0 Å². The minimum atomic E-state index is -0.725. The molecule has 6 heteroatoms. The highest BCUT2D eigenvalue weighted by molar-refractivity contribution is 5.76. The first-order valence-electron chi connectivity index (χ1n) is 5.53. The van der Waals surface area contributed by atoms with Crippen LogP contribution >= 0.6 is 0 Å². The Bertz CT molecular complexity index is 352. The van der Waals surface area contributed by atoms with E-state index in [2.05, 4.69) is 4.74 Å². The van der Waals surface area contributed by atoms with E-state index in [4.69, 9.17) is 9.47 Å². The fraction of sp³-hybridized carbons (Fsp3) is 0.727. The smallest absolute Gasteiger partial charge is 0.344 e. The van der Waals surface area contributed by atoms with E-state index in [1.54, 1.807) is 6.92 Å². The Morgan fingerprint density at radius 3 is 3.06 bits per heavy atom. The van der Waals surface area contributed by atoms with Gasteiger partial charge in [0.15, 0.2) is 6.61 Å². The lowest BCUT2D eigenvalue weighted by atomic mass is 9.80. The van der Waals surface area contributed by atoms with Crippen LogP contribution in [0.1, 0.15) is 26.2 Å². The first-order valence-corrected chi connectivity index (χ1v) is 5.53. The lowest BCUT2D eigenvalue weighted by Crippen LogP contribution is -2.44. The van der Waals surface area contributed by atoms with Crippen LogP contribution in [-0.2, 0) is 28.6 Å². The van der Waals surface area contributed by atoms with Crippen molar-refractivity contribution >= 4 is 18.4 Å². The second-order valence-corrected chi connectivity index (χ2v) is 4.60. The van der Waals surface area contributed by atoms with Crippen molar-refractivity contribution in [3.63, 3.8) is 0 Å². The fourth-order valence-corrected chi connectivity index (χ4v) is 2.48. The second-order valence-electron chi connectivity index (χ2n) is 4.60. The number of hydrogen-bond donors (Lipinski definition) is 0. The summed E-state index contributed by atoms with van der Waals surface area (Å²) < 4.78 is 14.7. The zero-order valence-corrected chi connectivity index (χ0v) is 9.51. The van der Waals surface area contributed by atoms with E-state index in [0.717, 1.165) is 0 Å². The first kappa shape index (κ1) is 11.9. The summed E-state index contributed by atoms with van der Waals surface area (Å²) in [5.74, 6) is -0.902. The maximum atomic E-state index is 11.4. The molecule has 2 rings (SSSR count). The molecule has 0 spiro atoms. The molecule has 94 valence electrons. The molecule has 0 aromatic carbocycles. The van der Waals surface area contributed by atoms with Gasteiger partial charge in [0.2, 0.25) is 0 Å². The number of fused-ring (bicyclic) bond motifs is 2. The molecule has 2 fully saturated rings. The van der Waals surface area contributed by atoms with Gasteiger partial charge in [0.25, 0.3) is 6.47 Å². The van der Waals surface area contributed by atoms with Crippen LogP contribution in [0.3, 0.4) is 0 Å². The van der Waals surface area contributed by atoms with E-state index in [1.165, 1.54) is 0 Å². The van der Waals surface area contributed by atoms with Gasteiger partial charge in [-0.25, -0.2) is 4.79 Å². The molecule has 0 aromatic heterocycles. The molecule has 0 amide bonds. The minimum Gasteiger partial charge on any atom is -0.456 e. The number of esters is 2. The quantitative estimate of drug-likeness (QED) is 0.397. The predicted octanol–water partition coefficient (Wildman–Crippen LogP) is 0.187. The fourth-order valence-electron chi connectivity index (χ4n) is 2.48. The van der Waals surface area contributed by atoms with E-state index in [0.29, 0.717) is 19.3 Å². The van der Waals surface area contributed by atoms with Crippen molar-refractivity contribution in [3.05, 3.63) is 0 Å². The largest absolute Gasteiger partial charge is 0.456 e. The lowest BCUT2D eigenvalue weighted by molar-refractivity contribution is -0.176. The predicted molar refractivity (Wildman–Crippen MR) is 53.7 cm³/mol. The molecule has 6 nitrogen and oxygen atoms in total. The average Bonchev–Trinajstić information content (AvgIpc) is 2.52. The van der Waals surface area contributed by atoms with Gasteiger partial charge in [-0.15, -0.1) is 0 Å². The van der Waals surface area contributed by atoms with Crippen LogP contribution in [0.15, 0.2) is 0 Å². The molecular formula is C11H14O6. The highest BCUT2D eigenvalue weighted by Gasteiger charge is 2.53. The van der Waals surface area contributed by atoms with Crippen molar-refractivity contribution in [2.75, 3.05) is 6.61 Å². The van der Waals surface area contributed by atoms with Gasteiger partial charge in [0, 0.05) is 6.42 Å². The van der Waals surface area contributed by atoms with Crippen LogP contribution in [0.4, 0.5) is 0 Å². The normalized spacial score (nSPS) is 35.0. The van der Waals surface area contributed by atoms with Crippen molar-refractivity contribution in [2.45, 2.75) is 37.9 Å². The first-order chi connectivity index (χ1) is 8.05. The van der Waals surface area contributed by atoms with Crippen LogP contribution in [0, 0.1) is 5.92 Å². The van der Waals surface area contributed by atoms with Gasteiger partial charge in [0.1, 0.15) is 11.7 Å². The maximum absolute atomic E-state index is 11.4. The van der Waals surface area contributed by atoms with Crippen molar-refractivity contribution in [2.24, 2.45) is 5.92 Å². The molecule has 3 atom stereocenters. The third-order valence-electron chi connectivity index (χ3n) is 3.32. The molecule has 1 heterocycles. The van der Waals surface area contributed by atoms with Crippen molar-refractivity contribution in [1.29, 1.82) is 0 Å². The Kier molecular flexibility index (Phi) is 3.04. The van der Waals surface area contributed by atoms with Crippen LogP contribution < -0.4 is 0 Å². The summed E-state index contributed by atoms with van der Waals surface area (Å²) in [6, 6.07) is 0. The van der Waals surface area contributed by atoms with E-state index in [9.17, 15) is 14.4 Å². The Balaban J connectivity index is 1.95. The van der Waals surface area contributed by atoms with Gasteiger partial charge in [-0.3, -0.25) is 9.59 Å². The summed E-state index contributed by atoms with van der Waals surface area (Å²) >= 11 is 0. The van der Waals surface area contributed by atoms with E-state index < -0.39 is 24.3 Å². The van der Waals surface area contributed by atoms with E-state index >= 15 is 0 Å². The topological polar surface area (TPSA) is 78.9 Å². The highest BCUT2D eigenvalue weighted by atomic mass is 16.6. The molecule has 1 saturated carbocycles. The number of carbonyl (C=O) groups is 3. The van der Waals surface area contributed by atoms with Crippen molar-refractivity contribution < 1.29 is 28.6 Å². The average molecular weight is 242 g/mol. The summed E-state index contributed by atoms with van der Waals surface area (Å²) in [7, 11) is 0. The zero-order valence-electron chi connectivity index (χ0n) is 9.51. The number of ether oxygens (including phenoxy) is 3. The Morgan fingerprint density at radius 2 is 2.35 bits per heavy atom. The van der Waals surface area contributed by atoms with Gasteiger partial charge in [0.05, 0.1) is 5.92 Å². The maximum Gasteiger partial charge on any atom is 0.344 e. The third kappa shape index (κ3) is 2.25. The lowest BCUT2D eigenvalue weighted by Gasteiger charge is -2.34. The summed E-state index contributed by atoms with van der Waals surface area (Å²) in [5, 5.41) is 0. The summed E-state index contributed by atoms with van der Waals surface area (Å²) in [6.45, 7) is 1.55. The number of carbonyl (C=O) groups excluding carboxylic acids is 3. The molecule has 1 saturated heterocycles. The van der Waals surface area contributed by atoms with Crippen LogP contribution in [0.25, 0.3) is 0 Å². The van der Waals surface area contributed by atoms with Crippen molar-refractivity contribution in [1.82, 2.24) is 0 Å². The number of hydrogen-bond acceptors (Lipinski definition) is 6. The molecule has 2 aliphatic rings.